The summed E-state index contributed by atoms with van der Waals surface area (Å²) < 4.78 is 0. The lowest BCUT2D eigenvalue weighted by atomic mass is 10.1. The summed E-state index contributed by atoms with van der Waals surface area (Å²) in [5.41, 5.74) is 10.1. The van der Waals surface area contributed by atoms with Gasteiger partial charge in [0.25, 0.3) is 11.8 Å². The first-order valence-corrected chi connectivity index (χ1v) is 5.77. The number of carbonyl (C=O) groups is 2. The van der Waals surface area contributed by atoms with E-state index in [0.717, 1.165) is 5.01 Å². The summed E-state index contributed by atoms with van der Waals surface area (Å²) in [5, 5.41) is 0.982. The molecular formula is C14H11N3O2. The van der Waals surface area contributed by atoms with Crippen LogP contribution >= 0.6 is 0 Å². The van der Waals surface area contributed by atoms with Crippen LogP contribution in [0.5, 0.6) is 0 Å². The standard InChI is InChI=1S/C14H11N3O2/c15-11-8-4-7-10-12(11)14(19)17(13(10)18)16-9-5-2-1-3-6-9/h1-8,16H,15H2. The number of amides is 2. The molecule has 0 atom stereocenters. The van der Waals surface area contributed by atoms with Gasteiger partial charge in [0.2, 0.25) is 0 Å². The molecule has 3 N–H and O–H groups in total. The van der Waals surface area contributed by atoms with Crippen molar-refractivity contribution in [2.45, 2.75) is 0 Å². The molecule has 1 aliphatic heterocycles. The summed E-state index contributed by atoms with van der Waals surface area (Å²) >= 11 is 0. The number of nitrogens with one attached hydrogen (secondary N) is 1. The Morgan fingerprint density at radius 2 is 1.63 bits per heavy atom. The highest BCUT2D eigenvalue weighted by atomic mass is 16.2. The number of rotatable bonds is 2. The molecule has 0 radical (unpaired) electrons. The molecule has 1 heterocycles. The summed E-state index contributed by atoms with van der Waals surface area (Å²) in [5.74, 6) is -0.821. The fourth-order valence-electron chi connectivity index (χ4n) is 2.05. The Labute approximate surface area is 109 Å². The lowest BCUT2D eigenvalue weighted by Gasteiger charge is -2.16. The van der Waals surface area contributed by atoms with Crippen LogP contribution in [0.1, 0.15) is 20.7 Å². The van der Waals surface area contributed by atoms with Crippen molar-refractivity contribution >= 4 is 23.2 Å². The minimum atomic E-state index is -0.429. The number of carbonyl (C=O) groups excluding carboxylic acids is 2. The maximum Gasteiger partial charge on any atom is 0.282 e. The molecule has 2 amide bonds. The first kappa shape index (κ1) is 11.3. The highest BCUT2D eigenvalue weighted by Gasteiger charge is 2.37. The molecule has 94 valence electrons. The Hall–Kier alpha value is -2.82. The summed E-state index contributed by atoms with van der Waals surface area (Å²) in [6.45, 7) is 0. The lowest BCUT2D eigenvalue weighted by Crippen LogP contribution is -2.35. The molecule has 0 spiro atoms. The van der Waals surface area contributed by atoms with E-state index in [9.17, 15) is 9.59 Å². The van der Waals surface area contributed by atoms with Crippen LogP contribution in [0.15, 0.2) is 48.5 Å². The molecular weight excluding hydrogens is 242 g/mol. The van der Waals surface area contributed by atoms with Gasteiger partial charge in [-0.05, 0) is 24.3 Å². The number of nitrogen functional groups attached to an aromatic ring is 1. The van der Waals surface area contributed by atoms with E-state index in [4.69, 9.17) is 5.73 Å². The molecule has 5 heteroatoms. The monoisotopic (exact) mass is 253 g/mol. The van der Waals surface area contributed by atoms with Crippen LogP contribution in [0, 0.1) is 0 Å². The van der Waals surface area contributed by atoms with Gasteiger partial charge in [0.1, 0.15) is 0 Å². The minimum absolute atomic E-state index is 0.260. The molecule has 0 unspecified atom stereocenters. The van der Waals surface area contributed by atoms with Crippen LogP contribution in [0.4, 0.5) is 11.4 Å². The van der Waals surface area contributed by atoms with E-state index in [-0.39, 0.29) is 5.56 Å². The highest BCUT2D eigenvalue weighted by Crippen LogP contribution is 2.27. The normalized spacial score (nSPS) is 13.6. The Kier molecular flexibility index (Phi) is 2.45. The quantitative estimate of drug-likeness (QED) is 0.633. The predicted octanol–water partition coefficient (Wildman–Crippen LogP) is 1.89. The summed E-state index contributed by atoms with van der Waals surface area (Å²) in [6.07, 6.45) is 0. The Morgan fingerprint density at radius 1 is 0.895 bits per heavy atom. The topological polar surface area (TPSA) is 75.4 Å². The van der Waals surface area contributed by atoms with Gasteiger partial charge >= 0.3 is 0 Å². The molecule has 0 bridgehead atoms. The SMILES string of the molecule is Nc1cccc2c1C(=O)N(Nc1ccccc1)C2=O. The van der Waals surface area contributed by atoms with Crippen LogP contribution < -0.4 is 11.2 Å². The number of anilines is 2. The number of nitrogens with zero attached hydrogens (tertiary/aromatic N) is 1. The fourth-order valence-corrected chi connectivity index (χ4v) is 2.05. The first-order valence-electron chi connectivity index (χ1n) is 5.77. The average Bonchev–Trinajstić information content (AvgIpc) is 2.66. The number of hydrogen-bond acceptors (Lipinski definition) is 4. The predicted molar refractivity (Wildman–Crippen MR) is 71.4 cm³/mol. The third-order valence-corrected chi connectivity index (χ3v) is 2.96. The molecule has 5 nitrogen and oxygen atoms in total. The summed E-state index contributed by atoms with van der Waals surface area (Å²) in [6, 6.07) is 13.9. The second-order valence-electron chi connectivity index (χ2n) is 4.19. The molecule has 2 aromatic rings. The molecule has 1 aliphatic rings. The van der Waals surface area contributed by atoms with Crippen LogP contribution in [0.2, 0.25) is 0 Å². The Morgan fingerprint density at radius 3 is 2.32 bits per heavy atom. The molecule has 0 aromatic heterocycles. The molecule has 0 fully saturated rings. The van der Waals surface area contributed by atoms with E-state index in [1.54, 1.807) is 30.3 Å². The number of hydrogen-bond donors (Lipinski definition) is 2. The van der Waals surface area contributed by atoms with Gasteiger partial charge in [-0.1, -0.05) is 24.3 Å². The number of para-hydroxylation sites is 1. The molecule has 0 saturated carbocycles. The number of imide groups is 1. The van der Waals surface area contributed by atoms with Crippen molar-refractivity contribution in [2.24, 2.45) is 0 Å². The zero-order chi connectivity index (χ0) is 13.4. The Balaban J connectivity index is 1.97. The van der Waals surface area contributed by atoms with Crippen LogP contribution in [0.3, 0.4) is 0 Å². The molecule has 2 aromatic carbocycles. The molecule has 3 rings (SSSR count). The third kappa shape index (κ3) is 1.72. The summed E-state index contributed by atoms with van der Waals surface area (Å²) in [4.78, 5) is 24.3. The van der Waals surface area contributed by atoms with Gasteiger partial charge in [-0.15, -0.1) is 0 Å². The number of fused-ring (bicyclic) bond motifs is 1. The third-order valence-electron chi connectivity index (χ3n) is 2.96. The van der Waals surface area contributed by atoms with Gasteiger partial charge in [0, 0.05) is 5.69 Å². The second kappa shape index (κ2) is 4.13. The lowest BCUT2D eigenvalue weighted by molar-refractivity contribution is 0.0692. The summed E-state index contributed by atoms with van der Waals surface area (Å²) in [7, 11) is 0. The van der Waals surface area contributed by atoms with Crippen LogP contribution in [-0.4, -0.2) is 16.8 Å². The number of benzene rings is 2. The maximum atomic E-state index is 12.2. The highest BCUT2D eigenvalue weighted by molar-refractivity contribution is 6.24. The second-order valence-corrected chi connectivity index (χ2v) is 4.19. The largest absolute Gasteiger partial charge is 0.398 e. The van der Waals surface area contributed by atoms with E-state index < -0.39 is 11.8 Å². The van der Waals surface area contributed by atoms with E-state index in [1.165, 1.54) is 0 Å². The van der Waals surface area contributed by atoms with E-state index in [0.29, 0.717) is 16.9 Å². The zero-order valence-corrected chi connectivity index (χ0v) is 9.96. The van der Waals surface area contributed by atoms with Crippen molar-refractivity contribution in [1.29, 1.82) is 0 Å². The van der Waals surface area contributed by atoms with Gasteiger partial charge in [-0.25, -0.2) is 0 Å². The zero-order valence-electron chi connectivity index (χ0n) is 9.96. The van der Waals surface area contributed by atoms with Gasteiger partial charge in [-0.2, -0.15) is 5.01 Å². The van der Waals surface area contributed by atoms with E-state index in [1.807, 2.05) is 18.2 Å². The van der Waals surface area contributed by atoms with Crippen molar-refractivity contribution in [2.75, 3.05) is 11.2 Å². The van der Waals surface area contributed by atoms with Crippen LogP contribution in [0.25, 0.3) is 0 Å². The van der Waals surface area contributed by atoms with Gasteiger partial charge in [0.05, 0.1) is 16.8 Å². The molecule has 0 saturated heterocycles. The maximum absolute atomic E-state index is 12.2. The number of hydrazine groups is 1. The fraction of sp³-hybridized carbons (Fsp3) is 0. The van der Waals surface area contributed by atoms with Crippen molar-refractivity contribution in [3.8, 4) is 0 Å². The van der Waals surface area contributed by atoms with Crippen LogP contribution in [-0.2, 0) is 0 Å². The van der Waals surface area contributed by atoms with Gasteiger partial charge < -0.3 is 5.73 Å². The van der Waals surface area contributed by atoms with Crippen molar-refractivity contribution in [1.82, 2.24) is 5.01 Å². The van der Waals surface area contributed by atoms with Gasteiger partial charge in [-0.3, -0.25) is 15.0 Å². The number of nitrogens with two attached hydrogens (primary N) is 1. The van der Waals surface area contributed by atoms with Crippen molar-refractivity contribution in [3.05, 3.63) is 59.7 Å². The van der Waals surface area contributed by atoms with E-state index >= 15 is 0 Å². The smallest absolute Gasteiger partial charge is 0.282 e. The van der Waals surface area contributed by atoms with E-state index in [2.05, 4.69) is 5.43 Å². The van der Waals surface area contributed by atoms with Crippen molar-refractivity contribution in [3.63, 3.8) is 0 Å². The Bertz CT molecular complexity index is 668. The van der Waals surface area contributed by atoms with Gasteiger partial charge in [0.15, 0.2) is 0 Å². The van der Waals surface area contributed by atoms with Crippen molar-refractivity contribution < 1.29 is 9.59 Å². The average molecular weight is 253 g/mol. The molecule has 19 heavy (non-hydrogen) atoms. The molecule has 0 aliphatic carbocycles. The minimum Gasteiger partial charge on any atom is -0.398 e. The first-order chi connectivity index (χ1) is 9.18.